The lowest BCUT2D eigenvalue weighted by Crippen LogP contribution is -2.40. The summed E-state index contributed by atoms with van der Waals surface area (Å²) in [5.41, 5.74) is 2.25. The highest BCUT2D eigenvalue weighted by molar-refractivity contribution is 5.74. The summed E-state index contributed by atoms with van der Waals surface area (Å²) in [6, 6.07) is 9.67. The lowest BCUT2D eigenvalue weighted by Gasteiger charge is -2.22. The molecule has 1 aliphatic carbocycles. The smallest absolute Gasteiger partial charge is 0.315 e. The van der Waals surface area contributed by atoms with Crippen molar-refractivity contribution >= 4 is 6.03 Å². The average Bonchev–Trinajstić information content (AvgIpc) is 3.01. The van der Waals surface area contributed by atoms with E-state index in [0.717, 1.165) is 41.9 Å². The van der Waals surface area contributed by atoms with Crippen molar-refractivity contribution < 1.29 is 13.9 Å². The maximum absolute atomic E-state index is 12.0. The van der Waals surface area contributed by atoms with Crippen LogP contribution in [0.3, 0.4) is 0 Å². The number of furan rings is 1. The van der Waals surface area contributed by atoms with Gasteiger partial charge in [-0.1, -0.05) is 12.1 Å². The van der Waals surface area contributed by atoms with Crippen LogP contribution in [0.5, 0.6) is 5.75 Å². The first-order valence-electron chi connectivity index (χ1n) is 8.02. The molecule has 1 aromatic carbocycles. The zero-order valence-electron chi connectivity index (χ0n) is 13.3. The lowest BCUT2D eigenvalue weighted by molar-refractivity contribution is 0.231. The molecule has 0 aliphatic heterocycles. The SMILES string of the molecule is Cc1cccc(OCCNC(=O)N[C@@H]2CCCc3occc32)c1. The van der Waals surface area contributed by atoms with Crippen LogP contribution in [0.25, 0.3) is 0 Å². The molecule has 1 atom stereocenters. The zero-order chi connectivity index (χ0) is 16.1. The maximum Gasteiger partial charge on any atom is 0.315 e. The van der Waals surface area contributed by atoms with Crippen LogP contribution in [-0.4, -0.2) is 19.2 Å². The van der Waals surface area contributed by atoms with E-state index in [9.17, 15) is 4.79 Å². The highest BCUT2D eigenvalue weighted by atomic mass is 16.5. The number of ether oxygens (including phenoxy) is 1. The molecule has 2 amide bonds. The van der Waals surface area contributed by atoms with Gasteiger partial charge in [0, 0.05) is 12.0 Å². The molecule has 1 heterocycles. The molecule has 0 fully saturated rings. The van der Waals surface area contributed by atoms with Gasteiger partial charge in [0.25, 0.3) is 0 Å². The van der Waals surface area contributed by atoms with E-state index in [0.29, 0.717) is 13.2 Å². The van der Waals surface area contributed by atoms with E-state index >= 15 is 0 Å². The molecule has 5 heteroatoms. The van der Waals surface area contributed by atoms with E-state index < -0.39 is 0 Å². The Kier molecular flexibility index (Phi) is 4.86. The summed E-state index contributed by atoms with van der Waals surface area (Å²) in [5.74, 6) is 1.81. The van der Waals surface area contributed by atoms with E-state index in [-0.39, 0.29) is 12.1 Å². The fourth-order valence-corrected chi connectivity index (χ4v) is 2.88. The van der Waals surface area contributed by atoms with Gasteiger partial charge in [0.2, 0.25) is 0 Å². The minimum atomic E-state index is -0.170. The standard InChI is InChI=1S/C18H22N2O3/c1-13-4-2-5-14(12-13)22-11-9-19-18(21)20-16-6-3-7-17-15(16)8-10-23-17/h2,4-5,8,10,12,16H,3,6-7,9,11H2,1H3,(H2,19,20,21)/t16-/m1/s1. The minimum Gasteiger partial charge on any atom is -0.492 e. The number of urea groups is 1. The van der Waals surface area contributed by atoms with E-state index in [1.54, 1.807) is 6.26 Å². The second-order valence-electron chi connectivity index (χ2n) is 5.81. The molecule has 0 spiro atoms. The van der Waals surface area contributed by atoms with Crippen LogP contribution < -0.4 is 15.4 Å². The number of benzene rings is 1. The quantitative estimate of drug-likeness (QED) is 0.832. The van der Waals surface area contributed by atoms with Crippen LogP contribution in [0.2, 0.25) is 0 Å². The normalized spacial score (nSPS) is 16.5. The molecule has 1 aromatic heterocycles. The van der Waals surface area contributed by atoms with Crippen LogP contribution in [0.4, 0.5) is 4.79 Å². The zero-order valence-corrected chi connectivity index (χ0v) is 13.3. The Morgan fingerprint density at radius 1 is 1.39 bits per heavy atom. The molecule has 5 nitrogen and oxygen atoms in total. The van der Waals surface area contributed by atoms with Crippen LogP contribution in [0.15, 0.2) is 41.0 Å². The molecule has 0 radical (unpaired) electrons. The average molecular weight is 314 g/mol. The maximum atomic E-state index is 12.0. The molecule has 3 rings (SSSR count). The molecule has 23 heavy (non-hydrogen) atoms. The summed E-state index contributed by atoms with van der Waals surface area (Å²) in [6.07, 6.45) is 4.62. The monoisotopic (exact) mass is 314 g/mol. The number of amides is 2. The Morgan fingerprint density at radius 3 is 3.17 bits per heavy atom. The number of carbonyl (C=O) groups is 1. The van der Waals surface area contributed by atoms with Crippen LogP contribution in [-0.2, 0) is 6.42 Å². The van der Waals surface area contributed by atoms with Crippen molar-refractivity contribution in [3.05, 3.63) is 53.5 Å². The van der Waals surface area contributed by atoms with Crippen molar-refractivity contribution in [2.24, 2.45) is 0 Å². The summed E-state index contributed by atoms with van der Waals surface area (Å²) >= 11 is 0. The van der Waals surface area contributed by atoms with E-state index in [4.69, 9.17) is 9.15 Å². The van der Waals surface area contributed by atoms with Crippen LogP contribution in [0, 0.1) is 6.92 Å². The summed E-state index contributed by atoms with van der Waals surface area (Å²) in [5, 5.41) is 5.84. The third-order valence-electron chi connectivity index (χ3n) is 4.00. The number of hydrogen-bond donors (Lipinski definition) is 2. The van der Waals surface area contributed by atoms with Gasteiger partial charge >= 0.3 is 6.03 Å². The van der Waals surface area contributed by atoms with E-state index in [1.807, 2.05) is 37.3 Å². The van der Waals surface area contributed by atoms with Crippen molar-refractivity contribution in [2.45, 2.75) is 32.2 Å². The Labute approximate surface area is 136 Å². The molecule has 1 aliphatic rings. The first kappa shape index (κ1) is 15.5. The van der Waals surface area contributed by atoms with Gasteiger partial charge in [-0.05, 0) is 43.5 Å². The second kappa shape index (κ2) is 7.22. The van der Waals surface area contributed by atoms with Crippen molar-refractivity contribution in [3.63, 3.8) is 0 Å². The lowest BCUT2D eigenvalue weighted by atomic mass is 9.93. The van der Waals surface area contributed by atoms with Gasteiger partial charge in [-0.15, -0.1) is 0 Å². The molecule has 0 saturated carbocycles. The number of rotatable bonds is 5. The Morgan fingerprint density at radius 2 is 2.30 bits per heavy atom. The molecule has 2 N–H and O–H groups in total. The van der Waals surface area contributed by atoms with E-state index in [1.165, 1.54) is 0 Å². The number of nitrogens with one attached hydrogen (secondary N) is 2. The highest BCUT2D eigenvalue weighted by Crippen LogP contribution is 2.30. The van der Waals surface area contributed by atoms with Crippen LogP contribution in [0.1, 0.15) is 35.8 Å². The van der Waals surface area contributed by atoms with Crippen molar-refractivity contribution in [3.8, 4) is 5.75 Å². The van der Waals surface area contributed by atoms with Crippen molar-refractivity contribution in [2.75, 3.05) is 13.2 Å². The molecule has 0 bridgehead atoms. The predicted molar refractivity (Wildman–Crippen MR) is 87.6 cm³/mol. The molecule has 0 saturated heterocycles. The Bertz CT molecular complexity index is 666. The van der Waals surface area contributed by atoms with Gasteiger partial charge in [-0.25, -0.2) is 4.79 Å². The number of hydrogen-bond acceptors (Lipinski definition) is 3. The molecule has 122 valence electrons. The van der Waals surface area contributed by atoms with Gasteiger partial charge in [0.05, 0.1) is 18.8 Å². The summed E-state index contributed by atoms with van der Waals surface area (Å²) in [7, 11) is 0. The Hall–Kier alpha value is -2.43. The first-order valence-corrected chi connectivity index (χ1v) is 8.02. The molecular formula is C18H22N2O3. The summed E-state index contributed by atoms with van der Waals surface area (Å²) in [6.45, 7) is 2.93. The number of fused-ring (bicyclic) bond motifs is 1. The number of aryl methyl sites for hydroxylation is 2. The fraction of sp³-hybridized carbons (Fsp3) is 0.389. The van der Waals surface area contributed by atoms with Gasteiger partial charge in [0.15, 0.2) is 0 Å². The highest BCUT2D eigenvalue weighted by Gasteiger charge is 2.23. The summed E-state index contributed by atoms with van der Waals surface area (Å²) < 4.78 is 11.0. The third-order valence-corrected chi connectivity index (χ3v) is 4.00. The summed E-state index contributed by atoms with van der Waals surface area (Å²) in [4.78, 5) is 12.0. The predicted octanol–water partition coefficient (Wildman–Crippen LogP) is 3.34. The molecule has 0 unspecified atom stereocenters. The first-order chi connectivity index (χ1) is 11.2. The fourth-order valence-electron chi connectivity index (χ4n) is 2.88. The van der Waals surface area contributed by atoms with E-state index in [2.05, 4.69) is 10.6 Å². The molecular weight excluding hydrogens is 292 g/mol. The number of carbonyl (C=O) groups excluding carboxylic acids is 1. The van der Waals surface area contributed by atoms with Gasteiger partial charge in [-0.2, -0.15) is 0 Å². The van der Waals surface area contributed by atoms with Crippen LogP contribution >= 0.6 is 0 Å². The van der Waals surface area contributed by atoms with Crippen molar-refractivity contribution in [1.29, 1.82) is 0 Å². The van der Waals surface area contributed by atoms with Gasteiger partial charge in [0.1, 0.15) is 18.1 Å². The van der Waals surface area contributed by atoms with Gasteiger partial charge < -0.3 is 19.8 Å². The van der Waals surface area contributed by atoms with Gasteiger partial charge in [-0.3, -0.25) is 0 Å². The molecule has 2 aromatic rings. The van der Waals surface area contributed by atoms with Crippen molar-refractivity contribution in [1.82, 2.24) is 10.6 Å². The topological polar surface area (TPSA) is 63.5 Å². The minimum absolute atomic E-state index is 0.0372. The Balaban J connectivity index is 1.41. The third kappa shape index (κ3) is 4.06. The largest absolute Gasteiger partial charge is 0.492 e. The second-order valence-corrected chi connectivity index (χ2v) is 5.81.